The summed E-state index contributed by atoms with van der Waals surface area (Å²) in [5, 5.41) is 6.81. The molecule has 0 amide bonds. The van der Waals surface area contributed by atoms with E-state index < -0.39 is 10.0 Å². The summed E-state index contributed by atoms with van der Waals surface area (Å²) in [6.45, 7) is 12.5. The molecule has 0 aliphatic carbocycles. The van der Waals surface area contributed by atoms with E-state index in [9.17, 15) is 8.42 Å². The van der Waals surface area contributed by atoms with Gasteiger partial charge in [-0.25, -0.2) is 18.8 Å². The molecule has 0 saturated carbocycles. The second-order valence-corrected chi connectivity index (χ2v) is 16.5. The number of fused-ring (bicyclic) bond motifs is 2. The molecule has 5 heterocycles. The first-order chi connectivity index (χ1) is 23.0. The molecule has 0 atom stereocenters. The Morgan fingerprint density at radius 3 is 2.48 bits per heavy atom. The number of sulfonamides is 1. The first-order valence-electron chi connectivity index (χ1n) is 16.3. The molecule has 7 rings (SSSR count). The van der Waals surface area contributed by atoms with Gasteiger partial charge in [0, 0.05) is 68.5 Å². The van der Waals surface area contributed by atoms with E-state index in [1.165, 1.54) is 21.7 Å². The van der Waals surface area contributed by atoms with Gasteiger partial charge in [0.1, 0.15) is 0 Å². The molecular weight excluding hydrogens is 645 g/mol. The molecular formula is C35H42N8O3S2. The predicted octanol–water partition coefficient (Wildman–Crippen LogP) is 5.36. The lowest BCUT2D eigenvalue weighted by molar-refractivity contribution is 0.122. The number of anilines is 3. The lowest BCUT2D eigenvalue weighted by atomic mass is 9.86. The number of aromatic nitrogens is 3. The number of para-hydroxylation sites is 1. The summed E-state index contributed by atoms with van der Waals surface area (Å²) < 4.78 is 34.5. The third kappa shape index (κ3) is 6.91. The van der Waals surface area contributed by atoms with Crippen LogP contribution in [0.1, 0.15) is 37.5 Å². The van der Waals surface area contributed by atoms with Crippen molar-refractivity contribution in [1.29, 1.82) is 0 Å². The average molecular weight is 687 g/mol. The van der Waals surface area contributed by atoms with Crippen LogP contribution in [0.3, 0.4) is 0 Å². The van der Waals surface area contributed by atoms with Gasteiger partial charge in [0.05, 0.1) is 40.9 Å². The second kappa shape index (κ2) is 13.1. The number of thiophene rings is 1. The molecule has 2 saturated heterocycles. The minimum atomic E-state index is -3.20. The highest BCUT2D eigenvalue weighted by atomic mass is 32.2. The zero-order valence-electron chi connectivity index (χ0n) is 27.9. The van der Waals surface area contributed by atoms with Gasteiger partial charge in [-0.3, -0.25) is 0 Å². The van der Waals surface area contributed by atoms with E-state index in [4.69, 9.17) is 14.7 Å². The summed E-state index contributed by atoms with van der Waals surface area (Å²) in [4.78, 5) is 14.3. The smallest absolute Gasteiger partial charge is 0.246 e. The maximum atomic E-state index is 12.0. The second-order valence-electron chi connectivity index (χ2n) is 13.5. The van der Waals surface area contributed by atoms with Gasteiger partial charge in [-0.05, 0) is 28.7 Å². The minimum absolute atomic E-state index is 0.0884. The molecule has 5 aromatic rings. The van der Waals surface area contributed by atoms with Crippen LogP contribution in [0.2, 0.25) is 0 Å². The van der Waals surface area contributed by atoms with Crippen molar-refractivity contribution in [3.63, 3.8) is 0 Å². The number of rotatable bonds is 8. The van der Waals surface area contributed by atoms with E-state index in [2.05, 4.69) is 106 Å². The summed E-state index contributed by atoms with van der Waals surface area (Å²) in [7, 11) is -3.20. The van der Waals surface area contributed by atoms with Gasteiger partial charge in [-0.2, -0.15) is 14.4 Å². The first kappa shape index (κ1) is 32.5. The standard InChI is InChI=1S/C35H42N8O3S2/c1-35(2,3)27-9-7-8-25(20-27)23-42-24-26(28-10-5-6-11-30(28)42)22-36-39-34-37-29-21-31(40-12-14-43(15-13-40)48(4,44)45)47-32(29)33(38-34)41-16-18-46-19-17-41/h5-11,20-22,24H,12-19,23H2,1-4H3,(H,37,38,39)/b36-22+. The van der Waals surface area contributed by atoms with Gasteiger partial charge in [0.15, 0.2) is 5.82 Å². The molecule has 13 heteroatoms. The lowest BCUT2D eigenvalue weighted by Crippen LogP contribution is -2.48. The van der Waals surface area contributed by atoms with Gasteiger partial charge in [0.25, 0.3) is 0 Å². The number of hydrogen-bond acceptors (Lipinski definition) is 10. The Kier molecular flexibility index (Phi) is 8.88. The van der Waals surface area contributed by atoms with Gasteiger partial charge in [0.2, 0.25) is 16.0 Å². The minimum Gasteiger partial charge on any atom is -0.378 e. The molecule has 11 nitrogen and oxygen atoms in total. The number of morpholine rings is 1. The molecule has 3 aromatic heterocycles. The highest BCUT2D eigenvalue weighted by molar-refractivity contribution is 7.88. The summed E-state index contributed by atoms with van der Waals surface area (Å²) in [5.74, 6) is 1.29. The fraction of sp³-hybridized carbons (Fsp3) is 0.400. The SMILES string of the molecule is CC(C)(C)c1cccc(Cn2cc(/C=N/Nc3nc(N4CCOCC4)c4sc(N5CCN(S(C)(=O)=O)CC5)cc4n3)c3ccccc32)c1. The summed E-state index contributed by atoms with van der Waals surface area (Å²) in [6, 6.07) is 19.3. The number of nitrogens with one attached hydrogen (secondary N) is 1. The third-order valence-corrected chi connectivity index (χ3v) is 11.5. The molecule has 252 valence electrons. The molecule has 2 aliphatic rings. The zero-order valence-corrected chi connectivity index (χ0v) is 29.5. The number of piperazine rings is 1. The van der Waals surface area contributed by atoms with Crippen LogP contribution in [0.15, 0.2) is 65.9 Å². The van der Waals surface area contributed by atoms with Crippen molar-refractivity contribution < 1.29 is 13.2 Å². The Bertz CT molecular complexity index is 2070. The average Bonchev–Trinajstić information content (AvgIpc) is 3.66. The molecule has 0 radical (unpaired) electrons. The maximum absolute atomic E-state index is 12.0. The maximum Gasteiger partial charge on any atom is 0.246 e. The van der Waals surface area contributed by atoms with Crippen molar-refractivity contribution in [2.45, 2.75) is 32.7 Å². The van der Waals surface area contributed by atoms with E-state index in [-0.39, 0.29) is 5.41 Å². The van der Waals surface area contributed by atoms with Crippen molar-refractivity contribution in [2.75, 3.05) is 74.0 Å². The normalized spacial score (nSPS) is 16.8. The lowest BCUT2D eigenvalue weighted by Gasteiger charge is -2.33. The van der Waals surface area contributed by atoms with Crippen LogP contribution in [0.5, 0.6) is 0 Å². The van der Waals surface area contributed by atoms with Crippen LogP contribution in [0.25, 0.3) is 21.1 Å². The van der Waals surface area contributed by atoms with Crippen LogP contribution >= 0.6 is 11.3 Å². The molecule has 48 heavy (non-hydrogen) atoms. The number of hydrazone groups is 1. The van der Waals surface area contributed by atoms with Gasteiger partial charge < -0.3 is 19.1 Å². The fourth-order valence-corrected chi connectivity index (χ4v) is 8.33. The third-order valence-electron chi connectivity index (χ3n) is 9.00. The Morgan fingerprint density at radius 2 is 1.73 bits per heavy atom. The Balaban J connectivity index is 1.15. The number of benzene rings is 2. The van der Waals surface area contributed by atoms with E-state index in [0.717, 1.165) is 57.1 Å². The fourth-order valence-electron chi connectivity index (χ4n) is 6.34. The van der Waals surface area contributed by atoms with Crippen molar-refractivity contribution in [3.8, 4) is 0 Å². The van der Waals surface area contributed by atoms with E-state index >= 15 is 0 Å². The Hall–Kier alpha value is -4.04. The van der Waals surface area contributed by atoms with Crippen LogP contribution < -0.4 is 15.2 Å². The van der Waals surface area contributed by atoms with Crippen molar-refractivity contribution in [3.05, 3.63) is 77.5 Å². The highest BCUT2D eigenvalue weighted by Gasteiger charge is 2.26. The highest BCUT2D eigenvalue weighted by Crippen LogP contribution is 2.38. The summed E-state index contributed by atoms with van der Waals surface area (Å²) in [5.41, 5.74) is 8.78. The molecule has 2 aliphatic heterocycles. The van der Waals surface area contributed by atoms with E-state index in [1.54, 1.807) is 11.3 Å². The van der Waals surface area contributed by atoms with Gasteiger partial charge in [-0.1, -0.05) is 63.2 Å². The van der Waals surface area contributed by atoms with Gasteiger partial charge in [-0.15, -0.1) is 11.3 Å². The zero-order chi connectivity index (χ0) is 33.5. The Labute approximate surface area is 285 Å². The largest absolute Gasteiger partial charge is 0.378 e. The van der Waals surface area contributed by atoms with Crippen molar-refractivity contribution in [1.82, 2.24) is 18.8 Å². The van der Waals surface area contributed by atoms with Crippen LogP contribution in [-0.2, 0) is 26.7 Å². The van der Waals surface area contributed by atoms with Crippen molar-refractivity contribution >= 4 is 65.5 Å². The van der Waals surface area contributed by atoms with Crippen LogP contribution in [0.4, 0.5) is 16.8 Å². The monoisotopic (exact) mass is 686 g/mol. The first-order valence-corrected chi connectivity index (χ1v) is 19.0. The molecule has 2 aromatic carbocycles. The number of ether oxygens (including phenoxy) is 1. The van der Waals surface area contributed by atoms with Gasteiger partial charge >= 0.3 is 0 Å². The topological polar surface area (TPSA) is 108 Å². The number of nitrogens with zero attached hydrogens (tertiary/aromatic N) is 7. The predicted molar refractivity (Wildman–Crippen MR) is 196 cm³/mol. The molecule has 2 fully saturated rings. The quantitative estimate of drug-likeness (QED) is 0.172. The molecule has 1 N–H and O–H groups in total. The van der Waals surface area contributed by atoms with E-state index in [0.29, 0.717) is 45.3 Å². The van der Waals surface area contributed by atoms with Crippen molar-refractivity contribution in [2.24, 2.45) is 5.10 Å². The molecule has 0 spiro atoms. The van der Waals surface area contributed by atoms with E-state index in [1.807, 2.05) is 6.21 Å². The number of hydrogen-bond donors (Lipinski definition) is 1. The Morgan fingerprint density at radius 1 is 0.958 bits per heavy atom. The van der Waals surface area contributed by atoms with Crippen LogP contribution in [-0.4, -0.2) is 92.2 Å². The summed E-state index contributed by atoms with van der Waals surface area (Å²) >= 11 is 1.65. The summed E-state index contributed by atoms with van der Waals surface area (Å²) in [6.07, 6.45) is 5.26. The molecule has 0 bridgehead atoms. The van der Waals surface area contributed by atoms with Crippen LogP contribution in [0, 0.1) is 0 Å². The molecule has 0 unspecified atom stereocenters.